The van der Waals surface area contributed by atoms with Gasteiger partial charge in [-0.1, -0.05) is 19.3 Å². The standard InChI is InChI=1S/C16H27N3O/c1-2-6-16(7-3-1)19-10-8-15(17-19)5-4-9-18-11-13-20-14-12-18/h8,10,16H,1-7,9,11-14H2. The Kier molecular flexibility index (Phi) is 5.09. The molecule has 0 N–H and O–H groups in total. The number of ether oxygens (including phenoxy) is 1. The molecule has 0 atom stereocenters. The highest BCUT2D eigenvalue weighted by Gasteiger charge is 2.16. The van der Waals surface area contributed by atoms with Gasteiger partial charge in [0.15, 0.2) is 0 Å². The monoisotopic (exact) mass is 277 g/mol. The third kappa shape index (κ3) is 3.83. The van der Waals surface area contributed by atoms with E-state index in [-0.39, 0.29) is 0 Å². The molecule has 0 radical (unpaired) electrons. The zero-order valence-electron chi connectivity index (χ0n) is 12.5. The number of morpholine rings is 1. The molecule has 1 aromatic heterocycles. The molecular weight excluding hydrogens is 250 g/mol. The van der Waals surface area contributed by atoms with E-state index in [1.807, 2.05) is 0 Å². The summed E-state index contributed by atoms with van der Waals surface area (Å²) >= 11 is 0. The summed E-state index contributed by atoms with van der Waals surface area (Å²) in [7, 11) is 0. The fraction of sp³-hybridized carbons (Fsp3) is 0.812. The highest BCUT2D eigenvalue weighted by molar-refractivity contribution is 5.00. The average Bonchev–Trinajstić information content (AvgIpc) is 2.98. The van der Waals surface area contributed by atoms with Gasteiger partial charge in [0.2, 0.25) is 0 Å². The second kappa shape index (κ2) is 7.23. The molecular formula is C16H27N3O. The minimum Gasteiger partial charge on any atom is -0.379 e. The van der Waals surface area contributed by atoms with Gasteiger partial charge >= 0.3 is 0 Å². The van der Waals surface area contributed by atoms with Crippen LogP contribution in [0.1, 0.15) is 50.3 Å². The number of aromatic nitrogens is 2. The summed E-state index contributed by atoms with van der Waals surface area (Å²) in [6.07, 6.45) is 11.3. The molecule has 4 heteroatoms. The van der Waals surface area contributed by atoms with Crippen LogP contribution >= 0.6 is 0 Å². The molecule has 1 saturated heterocycles. The maximum atomic E-state index is 5.38. The molecule has 3 rings (SSSR count). The largest absolute Gasteiger partial charge is 0.379 e. The lowest BCUT2D eigenvalue weighted by atomic mass is 9.96. The Morgan fingerprint density at radius 3 is 2.75 bits per heavy atom. The first kappa shape index (κ1) is 14.1. The van der Waals surface area contributed by atoms with Gasteiger partial charge in [-0.05, 0) is 38.3 Å². The topological polar surface area (TPSA) is 30.3 Å². The molecule has 0 amide bonds. The van der Waals surface area contributed by atoms with E-state index in [9.17, 15) is 0 Å². The maximum Gasteiger partial charge on any atom is 0.0625 e. The molecule has 2 fully saturated rings. The summed E-state index contributed by atoms with van der Waals surface area (Å²) in [5.74, 6) is 0. The van der Waals surface area contributed by atoms with E-state index in [0.717, 1.165) is 32.7 Å². The van der Waals surface area contributed by atoms with Crippen molar-refractivity contribution >= 4 is 0 Å². The molecule has 0 unspecified atom stereocenters. The molecule has 4 nitrogen and oxygen atoms in total. The van der Waals surface area contributed by atoms with Crippen LogP contribution in [-0.2, 0) is 11.2 Å². The maximum absolute atomic E-state index is 5.38. The van der Waals surface area contributed by atoms with Gasteiger partial charge in [0, 0.05) is 19.3 Å². The van der Waals surface area contributed by atoms with Crippen LogP contribution in [-0.4, -0.2) is 47.5 Å². The number of aryl methyl sites for hydroxylation is 1. The molecule has 112 valence electrons. The van der Waals surface area contributed by atoms with Crippen LogP contribution in [0.25, 0.3) is 0 Å². The van der Waals surface area contributed by atoms with Crippen LogP contribution in [0.4, 0.5) is 0 Å². The number of nitrogens with zero attached hydrogens (tertiary/aromatic N) is 3. The predicted molar refractivity (Wildman–Crippen MR) is 79.9 cm³/mol. The molecule has 20 heavy (non-hydrogen) atoms. The van der Waals surface area contributed by atoms with Crippen molar-refractivity contribution in [3.05, 3.63) is 18.0 Å². The Morgan fingerprint density at radius 2 is 1.95 bits per heavy atom. The Morgan fingerprint density at radius 1 is 1.15 bits per heavy atom. The first-order chi connectivity index (χ1) is 9.92. The van der Waals surface area contributed by atoms with Crippen LogP contribution in [0, 0.1) is 0 Å². The third-order valence-electron chi connectivity index (χ3n) is 4.62. The summed E-state index contributed by atoms with van der Waals surface area (Å²) < 4.78 is 7.60. The zero-order chi connectivity index (χ0) is 13.6. The number of hydrogen-bond acceptors (Lipinski definition) is 3. The zero-order valence-corrected chi connectivity index (χ0v) is 12.5. The average molecular weight is 277 g/mol. The van der Waals surface area contributed by atoms with Crippen LogP contribution in [0.5, 0.6) is 0 Å². The van der Waals surface area contributed by atoms with Gasteiger partial charge in [-0.25, -0.2) is 0 Å². The molecule has 0 aromatic carbocycles. The molecule has 1 aromatic rings. The quantitative estimate of drug-likeness (QED) is 0.829. The highest BCUT2D eigenvalue weighted by Crippen LogP contribution is 2.27. The summed E-state index contributed by atoms with van der Waals surface area (Å²) in [6, 6.07) is 2.88. The SMILES string of the molecule is c1cn(C2CCCCC2)nc1CCCN1CCOCC1. The van der Waals surface area contributed by atoms with E-state index >= 15 is 0 Å². The fourth-order valence-electron chi connectivity index (χ4n) is 3.37. The molecule has 0 bridgehead atoms. The minimum atomic E-state index is 0.664. The molecule has 1 aliphatic carbocycles. The first-order valence-corrected chi connectivity index (χ1v) is 8.26. The molecule has 1 saturated carbocycles. The Balaban J connectivity index is 1.42. The lowest BCUT2D eigenvalue weighted by Crippen LogP contribution is -2.36. The van der Waals surface area contributed by atoms with Gasteiger partial charge in [0.1, 0.15) is 0 Å². The van der Waals surface area contributed by atoms with E-state index in [1.165, 1.54) is 50.8 Å². The minimum absolute atomic E-state index is 0.664. The highest BCUT2D eigenvalue weighted by atomic mass is 16.5. The fourth-order valence-corrected chi connectivity index (χ4v) is 3.37. The van der Waals surface area contributed by atoms with Crippen molar-refractivity contribution in [2.75, 3.05) is 32.8 Å². The van der Waals surface area contributed by atoms with Crippen LogP contribution in [0.3, 0.4) is 0 Å². The van der Waals surface area contributed by atoms with Crippen LogP contribution in [0.15, 0.2) is 12.3 Å². The second-order valence-corrected chi connectivity index (χ2v) is 6.14. The van der Waals surface area contributed by atoms with E-state index < -0.39 is 0 Å². The van der Waals surface area contributed by atoms with Crippen molar-refractivity contribution < 1.29 is 4.74 Å². The summed E-state index contributed by atoms with van der Waals surface area (Å²) in [6.45, 7) is 5.17. The van der Waals surface area contributed by atoms with Crippen LogP contribution < -0.4 is 0 Å². The Hall–Kier alpha value is -0.870. The van der Waals surface area contributed by atoms with Crippen LogP contribution in [0.2, 0.25) is 0 Å². The normalized spacial score (nSPS) is 22.2. The molecule has 2 aliphatic rings. The first-order valence-electron chi connectivity index (χ1n) is 8.26. The smallest absolute Gasteiger partial charge is 0.0625 e. The number of rotatable bonds is 5. The van der Waals surface area contributed by atoms with Crippen molar-refractivity contribution in [1.29, 1.82) is 0 Å². The van der Waals surface area contributed by atoms with Gasteiger partial charge in [-0.2, -0.15) is 5.10 Å². The lowest BCUT2D eigenvalue weighted by Gasteiger charge is -2.26. The second-order valence-electron chi connectivity index (χ2n) is 6.14. The van der Waals surface area contributed by atoms with E-state index in [4.69, 9.17) is 9.84 Å². The number of hydrogen-bond donors (Lipinski definition) is 0. The van der Waals surface area contributed by atoms with Gasteiger partial charge in [-0.3, -0.25) is 9.58 Å². The molecule has 2 heterocycles. The van der Waals surface area contributed by atoms with E-state index in [0.29, 0.717) is 6.04 Å². The van der Waals surface area contributed by atoms with Crippen molar-refractivity contribution in [2.24, 2.45) is 0 Å². The lowest BCUT2D eigenvalue weighted by molar-refractivity contribution is 0.0374. The Bertz CT molecular complexity index is 392. The van der Waals surface area contributed by atoms with Crippen molar-refractivity contribution in [3.63, 3.8) is 0 Å². The van der Waals surface area contributed by atoms with E-state index in [1.54, 1.807) is 0 Å². The molecule has 0 spiro atoms. The Labute approximate surface area is 122 Å². The van der Waals surface area contributed by atoms with Gasteiger partial charge in [-0.15, -0.1) is 0 Å². The molecule has 1 aliphatic heterocycles. The van der Waals surface area contributed by atoms with Gasteiger partial charge in [0.05, 0.1) is 24.9 Å². The van der Waals surface area contributed by atoms with Gasteiger partial charge < -0.3 is 4.74 Å². The third-order valence-corrected chi connectivity index (χ3v) is 4.62. The predicted octanol–water partition coefficient (Wildman–Crippen LogP) is 2.65. The van der Waals surface area contributed by atoms with Gasteiger partial charge in [0.25, 0.3) is 0 Å². The van der Waals surface area contributed by atoms with Crippen molar-refractivity contribution in [1.82, 2.24) is 14.7 Å². The summed E-state index contributed by atoms with van der Waals surface area (Å²) in [5, 5.41) is 4.79. The summed E-state index contributed by atoms with van der Waals surface area (Å²) in [4.78, 5) is 2.50. The van der Waals surface area contributed by atoms with Crippen molar-refractivity contribution in [3.8, 4) is 0 Å². The van der Waals surface area contributed by atoms with Crippen molar-refractivity contribution in [2.45, 2.75) is 51.0 Å². The summed E-state index contributed by atoms with van der Waals surface area (Å²) in [5.41, 5.74) is 1.27. The van der Waals surface area contributed by atoms with E-state index in [2.05, 4.69) is 21.8 Å².